The van der Waals surface area contributed by atoms with Crippen LogP contribution in [-0.2, 0) is 6.54 Å². The lowest BCUT2D eigenvalue weighted by Crippen LogP contribution is -2.24. The first-order valence-electron chi connectivity index (χ1n) is 8.15. The second-order valence-corrected chi connectivity index (χ2v) is 7.20. The van der Waals surface area contributed by atoms with Gasteiger partial charge in [-0.1, -0.05) is 24.3 Å². The van der Waals surface area contributed by atoms with Crippen LogP contribution in [0, 0.1) is 0 Å². The van der Waals surface area contributed by atoms with E-state index < -0.39 is 0 Å². The summed E-state index contributed by atoms with van der Waals surface area (Å²) in [5, 5.41) is 1.68. The van der Waals surface area contributed by atoms with Gasteiger partial charge >= 0.3 is 0 Å². The number of hydrogen-bond donors (Lipinski definition) is 1. The van der Waals surface area contributed by atoms with Crippen molar-refractivity contribution in [2.75, 3.05) is 7.05 Å². The highest BCUT2D eigenvalue weighted by atomic mass is 32.1. The van der Waals surface area contributed by atoms with Gasteiger partial charge in [0.2, 0.25) is 0 Å². The quantitative estimate of drug-likeness (QED) is 0.609. The van der Waals surface area contributed by atoms with Crippen molar-refractivity contribution in [2.24, 2.45) is 0 Å². The zero-order valence-corrected chi connectivity index (χ0v) is 14.9. The van der Waals surface area contributed by atoms with Crippen molar-refractivity contribution in [3.05, 3.63) is 69.7 Å². The Morgan fingerprint density at radius 1 is 1.08 bits per heavy atom. The molecule has 1 unspecified atom stereocenters. The van der Waals surface area contributed by atoms with E-state index in [9.17, 15) is 4.79 Å². The van der Waals surface area contributed by atoms with Gasteiger partial charge in [0, 0.05) is 0 Å². The first kappa shape index (κ1) is 15.9. The highest BCUT2D eigenvalue weighted by molar-refractivity contribution is 7.18. The van der Waals surface area contributed by atoms with E-state index in [2.05, 4.69) is 27.9 Å². The Morgan fingerprint density at radius 3 is 2.60 bits per heavy atom. The lowest BCUT2D eigenvalue weighted by atomic mass is 10.2. The van der Waals surface area contributed by atoms with Crippen LogP contribution in [0.15, 0.2) is 53.3 Å². The van der Waals surface area contributed by atoms with Crippen LogP contribution in [0.5, 0.6) is 0 Å². The Balaban J connectivity index is 1.60. The number of fused-ring (bicyclic) bond motifs is 2. The Labute approximate surface area is 149 Å². The van der Waals surface area contributed by atoms with E-state index >= 15 is 0 Å². The third-order valence-electron chi connectivity index (χ3n) is 4.39. The molecule has 4 rings (SSSR count). The molecule has 0 bridgehead atoms. The van der Waals surface area contributed by atoms with Gasteiger partial charge in [-0.15, -0.1) is 11.3 Å². The predicted octanol–water partition coefficient (Wildman–Crippen LogP) is 3.73. The highest BCUT2D eigenvalue weighted by Crippen LogP contribution is 2.29. The maximum atomic E-state index is 12.2. The maximum absolute atomic E-state index is 12.2. The minimum Gasteiger partial charge on any atom is -0.309 e. The number of para-hydroxylation sites is 2. The number of nitrogens with one attached hydrogen (secondary N) is 1. The largest absolute Gasteiger partial charge is 0.309 e. The van der Waals surface area contributed by atoms with Crippen LogP contribution in [0.4, 0.5) is 0 Å². The number of aromatic amines is 1. The summed E-state index contributed by atoms with van der Waals surface area (Å²) in [6, 6.07) is 15.7. The van der Waals surface area contributed by atoms with Crippen LogP contribution in [0.1, 0.15) is 23.8 Å². The summed E-state index contributed by atoms with van der Waals surface area (Å²) in [6.45, 7) is 2.67. The Morgan fingerprint density at radius 2 is 1.80 bits per heavy atom. The van der Waals surface area contributed by atoms with E-state index in [-0.39, 0.29) is 11.6 Å². The zero-order chi connectivity index (χ0) is 17.4. The molecule has 4 aromatic rings. The van der Waals surface area contributed by atoms with Gasteiger partial charge in [-0.3, -0.25) is 9.69 Å². The molecule has 2 heterocycles. The van der Waals surface area contributed by atoms with Gasteiger partial charge in [0.25, 0.3) is 5.56 Å². The molecular weight excluding hydrogens is 332 g/mol. The van der Waals surface area contributed by atoms with Crippen LogP contribution < -0.4 is 5.56 Å². The van der Waals surface area contributed by atoms with Crippen LogP contribution in [0.2, 0.25) is 0 Å². The van der Waals surface area contributed by atoms with Crippen molar-refractivity contribution in [3.63, 3.8) is 0 Å². The summed E-state index contributed by atoms with van der Waals surface area (Å²) >= 11 is 1.70. The molecule has 0 spiro atoms. The topological polar surface area (TPSA) is 61.9 Å². The molecule has 0 amide bonds. The van der Waals surface area contributed by atoms with Crippen molar-refractivity contribution in [2.45, 2.75) is 19.5 Å². The molecule has 2 aromatic heterocycles. The number of thiazole rings is 1. The SMILES string of the molecule is CC(c1nc2ccccc2s1)N(C)Cc1nc2ccccc2c(=O)[nH]1. The molecule has 0 aliphatic rings. The minimum atomic E-state index is -0.0957. The summed E-state index contributed by atoms with van der Waals surface area (Å²) in [4.78, 5) is 26.6. The molecule has 0 aliphatic heterocycles. The van der Waals surface area contributed by atoms with E-state index in [1.165, 1.54) is 4.70 Å². The van der Waals surface area contributed by atoms with E-state index in [1.807, 2.05) is 43.4 Å². The number of hydrogen-bond acceptors (Lipinski definition) is 5. The lowest BCUT2D eigenvalue weighted by Gasteiger charge is -2.22. The molecule has 6 heteroatoms. The average molecular weight is 350 g/mol. The maximum Gasteiger partial charge on any atom is 0.258 e. The summed E-state index contributed by atoms with van der Waals surface area (Å²) in [6.07, 6.45) is 0. The van der Waals surface area contributed by atoms with Gasteiger partial charge in [0.1, 0.15) is 10.8 Å². The highest BCUT2D eigenvalue weighted by Gasteiger charge is 2.17. The predicted molar refractivity (Wildman–Crippen MR) is 102 cm³/mol. The number of rotatable bonds is 4. The fourth-order valence-corrected chi connectivity index (χ4v) is 3.92. The summed E-state index contributed by atoms with van der Waals surface area (Å²) in [7, 11) is 2.02. The molecule has 1 N–H and O–H groups in total. The number of H-pyrrole nitrogens is 1. The van der Waals surface area contributed by atoms with Gasteiger partial charge < -0.3 is 4.98 Å². The summed E-state index contributed by atoms with van der Waals surface area (Å²) in [5.41, 5.74) is 1.66. The van der Waals surface area contributed by atoms with Crippen LogP contribution in [0.25, 0.3) is 21.1 Å². The number of benzene rings is 2. The van der Waals surface area contributed by atoms with Crippen LogP contribution >= 0.6 is 11.3 Å². The molecule has 126 valence electrons. The minimum absolute atomic E-state index is 0.0957. The van der Waals surface area contributed by atoms with Gasteiger partial charge in [-0.05, 0) is 38.2 Å². The van der Waals surface area contributed by atoms with E-state index in [0.29, 0.717) is 17.8 Å². The van der Waals surface area contributed by atoms with Crippen molar-refractivity contribution in [1.29, 1.82) is 0 Å². The van der Waals surface area contributed by atoms with E-state index in [0.717, 1.165) is 16.0 Å². The first-order chi connectivity index (χ1) is 12.1. The third kappa shape index (κ3) is 3.06. The fourth-order valence-electron chi connectivity index (χ4n) is 2.84. The zero-order valence-electron chi connectivity index (χ0n) is 14.1. The summed E-state index contributed by atoms with van der Waals surface area (Å²) in [5.74, 6) is 0.666. The second-order valence-electron chi connectivity index (χ2n) is 6.14. The number of nitrogens with zero attached hydrogens (tertiary/aromatic N) is 3. The Kier molecular flexibility index (Phi) is 4.07. The molecule has 5 nitrogen and oxygen atoms in total. The second kappa shape index (κ2) is 6.38. The van der Waals surface area contributed by atoms with E-state index in [4.69, 9.17) is 4.98 Å². The number of aromatic nitrogens is 3. The van der Waals surface area contributed by atoms with Gasteiger partial charge in [0.15, 0.2) is 0 Å². The molecule has 0 fully saturated rings. The molecule has 0 radical (unpaired) electrons. The lowest BCUT2D eigenvalue weighted by molar-refractivity contribution is 0.246. The molecule has 2 aromatic carbocycles. The van der Waals surface area contributed by atoms with Crippen molar-refractivity contribution < 1.29 is 0 Å². The molecule has 0 aliphatic carbocycles. The smallest absolute Gasteiger partial charge is 0.258 e. The molecule has 0 saturated carbocycles. The van der Waals surface area contributed by atoms with Crippen LogP contribution in [0.3, 0.4) is 0 Å². The van der Waals surface area contributed by atoms with E-state index in [1.54, 1.807) is 17.4 Å². The van der Waals surface area contributed by atoms with Gasteiger partial charge in [0.05, 0.1) is 33.7 Å². The third-order valence-corrected chi connectivity index (χ3v) is 5.60. The van der Waals surface area contributed by atoms with Gasteiger partial charge in [-0.2, -0.15) is 0 Å². The van der Waals surface area contributed by atoms with Gasteiger partial charge in [-0.25, -0.2) is 9.97 Å². The van der Waals surface area contributed by atoms with Crippen LogP contribution in [-0.4, -0.2) is 26.9 Å². The molecule has 1 atom stereocenters. The first-order valence-corrected chi connectivity index (χ1v) is 8.97. The molecule has 25 heavy (non-hydrogen) atoms. The standard InChI is InChI=1S/C19H18N4OS/c1-12(19-21-15-9-5-6-10-16(15)25-19)23(2)11-17-20-14-8-4-3-7-13(14)18(24)22-17/h3-10,12H,11H2,1-2H3,(H,20,22,24). The fraction of sp³-hybridized carbons (Fsp3) is 0.211. The monoisotopic (exact) mass is 350 g/mol. The van der Waals surface area contributed by atoms with Crippen molar-refractivity contribution in [3.8, 4) is 0 Å². The Bertz CT molecular complexity index is 1070. The Hall–Kier alpha value is -2.57. The van der Waals surface area contributed by atoms with Crippen molar-refractivity contribution in [1.82, 2.24) is 19.9 Å². The average Bonchev–Trinajstić information content (AvgIpc) is 3.05. The summed E-state index contributed by atoms with van der Waals surface area (Å²) < 4.78 is 1.19. The molecule has 0 saturated heterocycles. The normalized spacial score (nSPS) is 12.9. The molecular formula is C19H18N4OS. The van der Waals surface area contributed by atoms with Crippen molar-refractivity contribution >= 4 is 32.5 Å².